The molecule has 2 atom stereocenters. The molecule has 0 aliphatic heterocycles. The second-order valence-electron chi connectivity index (χ2n) is 6.19. The lowest BCUT2D eigenvalue weighted by Gasteiger charge is -2.30. The average molecular weight is 306 g/mol. The zero-order chi connectivity index (χ0) is 16.2. The van der Waals surface area contributed by atoms with Gasteiger partial charge in [-0.1, -0.05) is 12.1 Å². The van der Waals surface area contributed by atoms with Crippen molar-refractivity contribution in [2.45, 2.75) is 44.9 Å². The van der Waals surface area contributed by atoms with Crippen LogP contribution in [-0.4, -0.2) is 31.2 Å². The van der Waals surface area contributed by atoms with Crippen LogP contribution >= 0.6 is 0 Å². The zero-order valence-electron chi connectivity index (χ0n) is 13.6. The van der Waals surface area contributed by atoms with Crippen molar-refractivity contribution in [1.29, 1.82) is 0 Å². The molecule has 1 aliphatic rings. The highest BCUT2D eigenvalue weighted by molar-refractivity contribution is 5.81. The largest absolute Gasteiger partial charge is 0.497 e. The first-order valence-electron chi connectivity index (χ1n) is 7.75. The van der Waals surface area contributed by atoms with E-state index >= 15 is 0 Å². The molecule has 1 saturated carbocycles. The third kappa shape index (κ3) is 4.21. The minimum absolute atomic E-state index is 0.109. The molecule has 22 heavy (non-hydrogen) atoms. The normalized spacial score (nSPS) is 18.4. The number of hydrogen-bond donors (Lipinski definition) is 2. The first kappa shape index (κ1) is 16.8. The number of carbonyl (C=O) groups excluding carboxylic acids is 1. The summed E-state index contributed by atoms with van der Waals surface area (Å²) in [6.45, 7) is 4.59. The zero-order valence-corrected chi connectivity index (χ0v) is 13.6. The van der Waals surface area contributed by atoms with Gasteiger partial charge in [0.1, 0.15) is 11.9 Å². The van der Waals surface area contributed by atoms with E-state index in [0.29, 0.717) is 19.1 Å². The second kappa shape index (κ2) is 7.11. The summed E-state index contributed by atoms with van der Waals surface area (Å²) in [5.74, 6) is 1.16. The molecule has 5 heteroatoms. The summed E-state index contributed by atoms with van der Waals surface area (Å²) in [7, 11) is 1.63. The molecule has 122 valence electrons. The number of carbonyl (C=O) groups is 1. The topological polar surface area (TPSA) is 73.6 Å². The summed E-state index contributed by atoms with van der Waals surface area (Å²) in [4.78, 5) is 12.3. The van der Waals surface area contributed by atoms with E-state index in [0.717, 1.165) is 24.2 Å². The van der Waals surface area contributed by atoms with Crippen LogP contribution in [0.15, 0.2) is 24.3 Å². The smallest absolute Gasteiger partial charge is 0.249 e. The first-order valence-corrected chi connectivity index (χ1v) is 7.75. The molecular formula is C17H26N2O3. The molecule has 1 amide bonds. The predicted octanol–water partition coefficient (Wildman–Crippen LogP) is 1.84. The highest BCUT2D eigenvalue weighted by Crippen LogP contribution is 2.39. The molecule has 0 spiro atoms. The summed E-state index contributed by atoms with van der Waals surface area (Å²) in [5.41, 5.74) is 6.48. The van der Waals surface area contributed by atoms with Crippen LogP contribution in [0.4, 0.5) is 0 Å². The number of hydrogen-bond acceptors (Lipinski definition) is 4. The fourth-order valence-electron chi connectivity index (χ4n) is 2.48. The summed E-state index contributed by atoms with van der Waals surface area (Å²) in [6, 6.07) is 7.63. The quantitative estimate of drug-likeness (QED) is 0.768. The van der Waals surface area contributed by atoms with Crippen LogP contribution in [0.1, 0.15) is 32.3 Å². The average Bonchev–Trinajstić information content (AvgIpc) is 3.37. The van der Waals surface area contributed by atoms with Gasteiger partial charge in [-0.2, -0.15) is 0 Å². The van der Waals surface area contributed by atoms with E-state index in [4.69, 9.17) is 15.2 Å². The van der Waals surface area contributed by atoms with Crippen molar-refractivity contribution < 1.29 is 14.3 Å². The molecule has 1 aromatic carbocycles. The van der Waals surface area contributed by atoms with Crippen molar-refractivity contribution in [3.63, 3.8) is 0 Å². The molecule has 1 aliphatic carbocycles. The lowest BCUT2D eigenvalue weighted by atomic mass is 9.95. The summed E-state index contributed by atoms with van der Waals surface area (Å²) in [5, 5.41) is 3.05. The Kier molecular flexibility index (Phi) is 5.42. The maximum Gasteiger partial charge on any atom is 0.249 e. The van der Waals surface area contributed by atoms with Gasteiger partial charge in [-0.3, -0.25) is 4.79 Å². The van der Waals surface area contributed by atoms with Gasteiger partial charge in [-0.05, 0) is 50.3 Å². The summed E-state index contributed by atoms with van der Waals surface area (Å²) >= 11 is 0. The number of rotatable bonds is 8. The van der Waals surface area contributed by atoms with E-state index in [1.54, 1.807) is 14.0 Å². The Labute approximate surface area is 132 Å². The van der Waals surface area contributed by atoms with Gasteiger partial charge in [-0.15, -0.1) is 0 Å². The van der Waals surface area contributed by atoms with Gasteiger partial charge in [0, 0.05) is 6.54 Å². The number of benzene rings is 1. The molecule has 2 rings (SSSR count). The third-order valence-electron chi connectivity index (χ3n) is 4.31. The highest BCUT2D eigenvalue weighted by atomic mass is 16.5. The minimum atomic E-state index is -0.518. The molecule has 0 heterocycles. The molecule has 1 fully saturated rings. The Bertz CT molecular complexity index is 516. The molecule has 0 radical (unpaired) electrons. The van der Waals surface area contributed by atoms with Gasteiger partial charge < -0.3 is 20.5 Å². The summed E-state index contributed by atoms with van der Waals surface area (Å²) in [6.07, 6.45) is 1.75. The van der Waals surface area contributed by atoms with Crippen LogP contribution < -0.4 is 15.8 Å². The van der Waals surface area contributed by atoms with Crippen LogP contribution in [0.2, 0.25) is 0 Å². The highest BCUT2D eigenvalue weighted by Gasteiger charge is 2.42. The van der Waals surface area contributed by atoms with Crippen LogP contribution in [-0.2, 0) is 16.1 Å². The molecule has 0 saturated heterocycles. The number of nitrogens with two attached hydrogens (primary N) is 1. The van der Waals surface area contributed by atoms with Crippen molar-refractivity contribution >= 4 is 5.91 Å². The van der Waals surface area contributed by atoms with E-state index in [9.17, 15) is 4.79 Å². The fourth-order valence-corrected chi connectivity index (χ4v) is 2.48. The van der Waals surface area contributed by atoms with Crippen LogP contribution in [0.5, 0.6) is 5.75 Å². The number of amides is 1. The lowest BCUT2D eigenvalue weighted by molar-refractivity contribution is -0.134. The summed E-state index contributed by atoms with van der Waals surface area (Å²) < 4.78 is 10.8. The molecule has 1 aromatic rings. The van der Waals surface area contributed by atoms with Crippen molar-refractivity contribution in [1.82, 2.24) is 5.32 Å². The van der Waals surface area contributed by atoms with Gasteiger partial charge in [-0.25, -0.2) is 0 Å². The molecule has 5 nitrogen and oxygen atoms in total. The van der Waals surface area contributed by atoms with E-state index in [1.807, 2.05) is 31.2 Å². The SMILES string of the molecule is COc1cccc(COC(C)C(=O)NC(C)(CN)C2CC2)c1. The van der Waals surface area contributed by atoms with Gasteiger partial charge in [0.2, 0.25) is 5.91 Å². The molecular weight excluding hydrogens is 280 g/mol. The van der Waals surface area contributed by atoms with E-state index < -0.39 is 6.10 Å². The number of nitrogens with one attached hydrogen (secondary N) is 1. The van der Waals surface area contributed by atoms with Crippen LogP contribution in [0, 0.1) is 5.92 Å². The van der Waals surface area contributed by atoms with Gasteiger partial charge in [0.15, 0.2) is 0 Å². The Morgan fingerprint density at radius 3 is 2.82 bits per heavy atom. The monoisotopic (exact) mass is 306 g/mol. The van der Waals surface area contributed by atoms with Gasteiger partial charge >= 0.3 is 0 Å². The molecule has 3 N–H and O–H groups in total. The van der Waals surface area contributed by atoms with Crippen molar-refractivity contribution in [3.8, 4) is 5.75 Å². The Balaban J connectivity index is 1.85. The number of ether oxygens (including phenoxy) is 2. The maximum absolute atomic E-state index is 12.3. The van der Waals surface area contributed by atoms with Crippen molar-refractivity contribution in [2.75, 3.05) is 13.7 Å². The van der Waals surface area contributed by atoms with Gasteiger partial charge in [0.05, 0.1) is 19.3 Å². The van der Waals surface area contributed by atoms with Crippen molar-refractivity contribution in [2.24, 2.45) is 11.7 Å². The fraction of sp³-hybridized carbons (Fsp3) is 0.588. The lowest BCUT2D eigenvalue weighted by Crippen LogP contribution is -2.55. The molecule has 2 unspecified atom stereocenters. The molecule has 0 bridgehead atoms. The Hall–Kier alpha value is -1.59. The maximum atomic E-state index is 12.3. The predicted molar refractivity (Wildman–Crippen MR) is 85.6 cm³/mol. The van der Waals surface area contributed by atoms with E-state index in [2.05, 4.69) is 5.32 Å². The Morgan fingerprint density at radius 1 is 1.50 bits per heavy atom. The van der Waals surface area contributed by atoms with E-state index in [1.165, 1.54) is 0 Å². The second-order valence-corrected chi connectivity index (χ2v) is 6.19. The van der Waals surface area contributed by atoms with Crippen LogP contribution in [0.25, 0.3) is 0 Å². The van der Waals surface area contributed by atoms with Crippen molar-refractivity contribution in [3.05, 3.63) is 29.8 Å². The standard InChI is InChI=1S/C17H26N2O3/c1-12(16(20)19-17(2,11-18)14-7-8-14)22-10-13-5-4-6-15(9-13)21-3/h4-6,9,12,14H,7-8,10-11,18H2,1-3H3,(H,19,20). The van der Waals surface area contributed by atoms with Gasteiger partial charge in [0.25, 0.3) is 0 Å². The molecule has 0 aromatic heterocycles. The van der Waals surface area contributed by atoms with Crippen LogP contribution in [0.3, 0.4) is 0 Å². The Morgan fingerprint density at radius 2 is 2.23 bits per heavy atom. The first-order chi connectivity index (χ1) is 10.5. The van der Waals surface area contributed by atoms with E-state index in [-0.39, 0.29) is 11.4 Å². The number of methoxy groups -OCH3 is 1. The minimum Gasteiger partial charge on any atom is -0.497 e. The third-order valence-corrected chi connectivity index (χ3v) is 4.31.